The van der Waals surface area contributed by atoms with Crippen LogP contribution in [0.3, 0.4) is 0 Å². The van der Waals surface area contributed by atoms with Crippen molar-refractivity contribution in [3.63, 3.8) is 0 Å². The normalized spacial score (nSPS) is 11.1. The standard InChI is InChI=1S/C17H23FN4S.HI/c1-4-19-17(22(3)11-15-12-23-13(2)21-15)20-10-9-14-7-5-6-8-16(14)18;/h5-8,12H,4,9-11H2,1-3H3,(H,19,20);1H. The molecule has 0 amide bonds. The van der Waals surface area contributed by atoms with Crippen LogP contribution in [-0.4, -0.2) is 36.0 Å². The van der Waals surface area contributed by atoms with Gasteiger partial charge in [0.05, 0.1) is 17.2 Å². The number of nitrogens with one attached hydrogen (secondary N) is 1. The zero-order valence-corrected chi connectivity index (χ0v) is 17.4. The molecule has 0 aliphatic carbocycles. The molecule has 132 valence electrons. The Morgan fingerprint density at radius 3 is 2.75 bits per heavy atom. The van der Waals surface area contributed by atoms with Crippen LogP contribution in [0.25, 0.3) is 0 Å². The molecular formula is C17H24FIN4S. The molecule has 0 aliphatic heterocycles. The van der Waals surface area contributed by atoms with Gasteiger partial charge in [-0.05, 0) is 31.9 Å². The van der Waals surface area contributed by atoms with Crippen LogP contribution in [0.2, 0.25) is 0 Å². The van der Waals surface area contributed by atoms with E-state index >= 15 is 0 Å². The topological polar surface area (TPSA) is 40.5 Å². The van der Waals surface area contributed by atoms with Crippen LogP contribution in [0.15, 0.2) is 34.6 Å². The summed E-state index contributed by atoms with van der Waals surface area (Å²) in [6.45, 7) is 6.08. The zero-order chi connectivity index (χ0) is 16.7. The quantitative estimate of drug-likeness (QED) is 0.403. The number of halogens is 2. The molecule has 0 aliphatic rings. The Labute approximate surface area is 164 Å². The van der Waals surface area contributed by atoms with E-state index in [1.54, 1.807) is 23.5 Å². The van der Waals surface area contributed by atoms with Gasteiger partial charge in [-0.2, -0.15) is 0 Å². The fourth-order valence-corrected chi connectivity index (χ4v) is 2.86. The van der Waals surface area contributed by atoms with Crippen molar-refractivity contribution in [2.24, 2.45) is 4.99 Å². The number of nitrogens with zero attached hydrogens (tertiary/aromatic N) is 3. The average molecular weight is 462 g/mol. The van der Waals surface area contributed by atoms with Gasteiger partial charge in [-0.15, -0.1) is 35.3 Å². The van der Waals surface area contributed by atoms with Crippen molar-refractivity contribution < 1.29 is 4.39 Å². The minimum atomic E-state index is -0.168. The number of benzene rings is 1. The smallest absolute Gasteiger partial charge is 0.194 e. The molecule has 1 aromatic carbocycles. The second-order valence-electron chi connectivity index (χ2n) is 5.29. The van der Waals surface area contributed by atoms with E-state index in [1.165, 1.54) is 6.07 Å². The average Bonchev–Trinajstić information content (AvgIpc) is 2.93. The summed E-state index contributed by atoms with van der Waals surface area (Å²) < 4.78 is 13.6. The summed E-state index contributed by atoms with van der Waals surface area (Å²) in [4.78, 5) is 11.1. The van der Waals surface area contributed by atoms with Crippen molar-refractivity contribution in [3.05, 3.63) is 51.7 Å². The maximum atomic E-state index is 13.6. The zero-order valence-electron chi connectivity index (χ0n) is 14.3. The van der Waals surface area contributed by atoms with Crippen molar-refractivity contribution in [3.8, 4) is 0 Å². The van der Waals surface area contributed by atoms with E-state index in [4.69, 9.17) is 0 Å². The largest absolute Gasteiger partial charge is 0.357 e. The van der Waals surface area contributed by atoms with Crippen molar-refractivity contribution in [2.75, 3.05) is 20.1 Å². The number of rotatable bonds is 6. The fraction of sp³-hybridized carbons (Fsp3) is 0.412. The van der Waals surface area contributed by atoms with E-state index in [2.05, 4.69) is 20.7 Å². The number of hydrogen-bond acceptors (Lipinski definition) is 3. The Morgan fingerprint density at radius 1 is 1.38 bits per heavy atom. The highest BCUT2D eigenvalue weighted by Crippen LogP contribution is 2.10. The number of hydrogen-bond donors (Lipinski definition) is 1. The molecule has 0 spiro atoms. The first kappa shape index (κ1) is 20.8. The van der Waals surface area contributed by atoms with Gasteiger partial charge in [-0.25, -0.2) is 9.37 Å². The Kier molecular flexibility index (Phi) is 9.20. The highest BCUT2D eigenvalue weighted by Gasteiger charge is 2.08. The maximum Gasteiger partial charge on any atom is 0.194 e. The van der Waals surface area contributed by atoms with Crippen LogP contribution in [0.4, 0.5) is 4.39 Å². The number of guanidine groups is 1. The van der Waals surface area contributed by atoms with Crippen molar-refractivity contribution >= 4 is 41.3 Å². The first-order valence-corrected chi connectivity index (χ1v) is 8.62. The molecular weight excluding hydrogens is 438 g/mol. The highest BCUT2D eigenvalue weighted by atomic mass is 127. The Bertz CT molecular complexity index is 660. The summed E-state index contributed by atoms with van der Waals surface area (Å²) in [6, 6.07) is 6.85. The molecule has 0 unspecified atom stereocenters. The predicted molar refractivity (Wildman–Crippen MR) is 110 cm³/mol. The molecule has 24 heavy (non-hydrogen) atoms. The lowest BCUT2D eigenvalue weighted by Gasteiger charge is -2.21. The van der Waals surface area contributed by atoms with Gasteiger partial charge in [-0.1, -0.05) is 18.2 Å². The molecule has 0 bridgehead atoms. The second-order valence-corrected chi connectivity index (χ2v) is 6.35. The predicted octanol–water partition coefficient (Wildman–Crippen LogP) is 3.85. The van der Waals surface area contributed by atoms with E-state index in [0.717, 1.165) is 23.2 Å². The Morgan fingerprint density at radius 2 is 2.12 bits per heavy atom. The first-order chi connectivity index (χ1) is 11.1. The minimum Gasteiger partial charge on any atom is -0.357 e. The maximum absolute atomic E-state index is 13.6. The lowest BCUT2D eigenvalue weighted by atomic mass is 10.1. The number of aryl methyl sites for hydroxylation is 1. The molecule has 7 heteroatoms. The van der Waals surface area contributed by atoms with Gasteiger partial charge >= 0.3 is 0 Å². The molecule has 0 saturated carbocycles. The van der Waals surface area contributed by atoms with Gasteiger partial charge in [-0.3, -0.25) is 4.99 Å². The van der Waals surface area contributed by atoms with Crippen LogP contribution in [0.5, 0.6) is 0 Å². The number of aromatic nitrogens is 1. The lowest BCUT2D eigenvalue weighted by molar-refractivity contribution is 0.471. The highest BCUT2D eigenvalue weighted by molar-refractivity contribution is 14.0. The summed E-state index contributed by atoms with van der Waals surface area (Å²) >= 11 is 1.65. The fourth-order valence-electron chi connectivity index (χ4n) is 2.25. The summed E-state index contributed by atoms with van der Waals surface area (Å²) in [5, 5.41) is 6.40. The molecule has 2 rings (SSSR count). The molecule has 0 radical (unpaired) electrons. The van der Waals surface area contributed by atoms with Crippen LogP contribution in [0, 0.1) is 12.7 Å². The number of aliphatic imine (C=N–C) groups is 1. The molecule has 1 heterocycles. The Balaban J connectivity index is 0.00000288. The third-order valence-electron chi connectivity index (χ3n) is 3.36. The molecule has 4 nitrogen and oxygen atoms in total. The summed E-state index contributed by atoms with van der Waals surface area (Å²) in [5.41, 5.74) is 1.74. The molecule has 0 fully saturated rings. The minimum absolute atomic E-state index is 0. The summed E-state index contributed by atoms with van der Waals surface area (Å²) in [5.74, 6) is 0.647. The summed E-state index contributed by atoms with van der Waals surface area (Å²) in [6.07, 6.45) is 0.589. The van der Waals surface area contributed by atoms with Gasteiger partial charge in [0.2, 0.25) is 0 Å². The molecule has 0 saturated heterocycles. The first-order valence-electron chi connectivity index (χ1n) is 7.74. The van der Waals surface area contributed by atoms with Gasteiger partial charge in [0.25, 0.3) is 0 Å². The molecule has 1 N–H and O–H groups in total. The second kappa shape index (κ2) is 10.6. The Hall–Kier alpha value is -1.22. The van der Waals surface area contributed by atoms with E-state index in [1.807, 2.05) is 31.9 Å². The number of thiazole rings is 1. The van der Waals surface area contributed by atoms with Crippen molar-refractivity contribution in [1.82, 2.24) is 15.2 Å². The van der Waals surface area contributed by atoms with Gasteiger partial charge in [0.1, 0.15) is 5.82 Å². The van der Waals surface area contributed by atoms with Crippen LogP contribution >= 0.6 is 35.3 Å². The van der Waals surface area contributed by atoms with E-state index in [0.29, 0.717) is 25.1 Å². The molecule has 2 aromatic rings. The van der Waals surface area contributed by atoms with E-state index in [9.17, 15) is 4.39 Å². The van der Waals surface area contributed by atoms with Crippen LogP contribution in [-0.2, 0) is 13.0 Å². The van der Waals surface area contributed by atoms with Crippen molar-refractivity contribution in [2.45, 2.75) is 26.8 Å². The van der Waals surface area contributed by atoms with Gasteiger partial charge in [0.15, 0.2) is 5.96 Å². The molecule has 1 aromatic heterocycles. The van der Waals surface area contributed by atoms with Crippen LogP contribution < -0.4 is 5.32 Å². The van der Waals surface area contributed by atoms with Crippen LogP contribution in [0.1, 0.15) is 23.2 Å². The monoisotopic (exact) mass is 462 g/mol. The van der Waals surface area contributed by atoms with E-state index < -0.39 is 0 Å². The van der Waals surface area contributed by atoms with E-state index in [-0.39, 0.29) is 29.8 Å². The summed E-state index contributed by atoms with van der Waals surface area (Å²) in [7, 11) is 1.99. The lowest BCUT2D eigenvalue weighted by Crippen LogP contribution is -2.38. The van der Waals surface area contributed by atoms with Gasteiger partial charge in [0, 0.05) is 25.5 Å². The third-order valence-corrected chi connectivity index (χ3v) is 4.19. The van der Waals surface area contributed by atoms with Gasteiger partial charge < -0.3 is 10.2 Å². The third kappa shape index (κ3) is 6.35. The SMILES string of the molecule is CCNC(=NCCc1ccccc1F)N(C)Cc1csc(C)n1.I. The van der Waals surface area contributed by atoms with Crippen molar-refractivity contribution in [1.29, 1.82) is 0 Å². The molecule has 0 atom stereocenters.